The van der Waals surface area contributed by atoms with E-state index in [1.54, 1.807) is 29.2 Å². The molecule has 2 N–H and O–H groups in total. The van der Waals surface area contributed by atoms with Gasteiger partial charge in [-0.1, -0.05) is 42.3 Å². The first-order chi connectivity index (χ1) is 16.9. The van der Waals surface area contributed by atoms with Gasteiger partial charge in [-0.15, -0.1) is 0 Å². The number of H-pyrrole nitrogens is 1. The fraction of sp³-hybridized carbons (Fsp3) is 0.192. The fourth-order valence-electron chi connectivity index (χ4n) is 4.40. The summed E-state index contributed by atoms with van der Waals surface area (Å²) in [5.74, 6) is 0.935. The lowest BCUT2D eigenvalue weighted by molar-refractivity contribution is 0.135. The first kappa shape index (κ1) is 23.7. The molecule has 3 aromatic carbocycles. The molecule has 0 saturated carbocycles. The molecule has 2 unspecified atom stereocenters. The maximum Gasteiger partial charge on any atom is 0.416 e. The number of nitrogens with one attached hydrogen (secondary N) is 2. The number of fused-ring (bicyclic) bond motifs is 3. The fourth-order valence-corrected chi connectivity index (χ4v) is 5.24. The Labute approximate surface area is 215 Å². The Morgan fingerprint density at radius 1 is 1.09 bits per heavy atom. The number of rotatable bonds is 5. The van der Waals surface area contributed by atoms with Gasteiger partial charge in [-0.2, -0.15) is 0 Å². The summed E-state index contributed by atoms with van der Waals surface area (Å²) in [6.07, 6.45) is 0.214. The zero-order valence-corrected chi connectivity index (χ0v) is 21.2. The van der Waals surface area contributed by atoms with Crippen molar-refractivity contribution >= 4 is 56.9 Å². The van der Waals surface area contributed by atoms with E-state index in [-0.39, 0.29) is 0 Å². The number of ether oxygens (including phenoxy) is 1. The van der Waals surface area contributed by atoms with Gasteiger partial charge < -0.3 is 14.4 Å². The second kappa shape index (κ2) is 9.93. The number of hydrogen-bond donors (Lipinski definition) is 2. The first-order valence-electron chi connectivity index (χ1n) is 11.2. The lowest BCUT2D eigenvalue weighted by atomic mass is 9.92. The number of hydrogen-bond acceptors (Lipinski definition) is 3. The molecule has 0 radical (unpaired) electrons. The van der Waals surface area contributed by atoms with E-state index >= 15 is 0 Å². The Hall–Kier alpha value is -3.00. The Morgan fingerprint density at radius 3 is 2.51 bits per heavy atom. The minimum Gasteiger partial charge on any atom is -0.410 e. The van der Waals surface area contributed by atoms with Crippen LogP contribution < -0.4 is 9.46 Å². The number of anilines is 1. The van der Waals surface area contributed by atoms with E-state index in [2.05, 4.69) is 9.71 Å². The maximum absolute atomic E-state index is 13.3. The third-order valence-corrected chi connectivity index (χ3v) is 7.54. The second-order valence-corrected chi connectivity index (χ2v) is 10.6. The topological polar surface area (TPSA) is 74.4 Å². The molecule has 5 rings (SSSR count). The maximum atomic E-state index is 13.3. The van der Waals surface area contributed by atoms with Gasteiger partial charge in [-0.25, -0.2) is 9.00 Å². The molecule has 35 heavy (non-hydrogen) atoms. The summed E-state index contributed by atoms with van der Waals surface area (Å²) < 4.78 is 20.6. The Kier molecular flexibility index (Phi) is 6.73. The lowest BCUT2D eigenvalue weighted by Crippen LogP contribution is -2.42. The summed E-state index contributed by atoms with van der Waals surface area (Å²) in [5, 5.41) is 2.29. The standard InChI is InChI=1S/C26H23Cl2N3O3S/c1-2-35(33)30-19-8-3-16(4-9-19)25-24-21(22-15-18(28)7-12-23(22)29-24)13-14-31(25)26(32)34-20-10-5-17(27)6-11-20/h3-12,15,25,29-30H,2,13-14H2,1H3. The molecule has 0 fully saturated rings. The predicted molar refractivity (Wildman–Crippen MR) is 142 cm³/mol. The van der Waals surface area contributed by atoms with Gasteiger partial charge in [0.2, 0.25) is 0 Å². The first-order valence-corrected chi connectivity index (χ1v) is 13.3. The Balaban J connectivity index is 1.54. The molecule has 0 aliphatic carbocycles. The number of aromatic nitrogens is 1. The third-order valence-electron chi connectivity index (χ3n) is 6.06. The number of nitrogens with zero attached hydrogens (tertiary/aromatic N) is 1. The highest BCUT2D eigenvalue weighted by atomic mass is 35.5. The quantitative estimate of drug-likeness (QED) is 0.302. The van der Waals surface area contributed by atoms with Crippen molar-refractivity contribution in [2.45, 2.75) is 19.4 Å². The van der Waals surface area contributed by atoms with Gasteiger partial charge >= 0.3 is 6.09 Å². The summed E-state index contributed by atoms with van der Waals surface area (Å²) in [6.45, 7) is 2.33. The summed E-state index contributed by atoms with van der Waals surface area (Å²) in [4.78, 5) is 18.6. The van der Waals surface area contributed by atoms with Crippen LogP contribution in [0.15, 0.2) is 66.7 Å². The molecule has 1 aliphatic heterocycles. The van der Waals surface area contributed by atoms with Crippen molar-refractivity contribution in [2.75, 3.05) is 17.0 Å². The van der Waals surface area contributed by atoms with Gasteiger partial charge in [0, 0.05) is 44.6 Å². The summed E-state index contributed by atoms with van der Waals surface area (Å²) in [7, 11) is -1.14. The molecule has 9 heteroatoms. The van der Waals surface area contributed by atoms with Crippen molar-refractivity contribution in [1.82, 2.24) is 9.88 Å². The van der Waals surface area contributed by atoms with E-state index in [0.29, 0.717) is 34.5 Å². The second-order valence-electron chi connectivity index (χ2n) is 8.23. The van der Waals surface area contributed by atoms with E-state index in [1.807, 2.05) is 49.4 Å². The van der Waals surface area contributed by atoms with Crippen molar-refractivity contribution in [1.29, 1.82) is 0 Å². The highest BCUT2D eigenvalue weighted by Gasteiger charge is 2.35. The number of carbonyl (C=O) groups is 1. The Morgan fingerprint density at radius 2 is 1.80 bits per heavy atom. The SMILES string of the molecule is CCS(=O)Nc1ccc(C2c3[nH]c4ccc(Cl)cc4c3CCN2C(=O)Oc2ccc(Cl)cc2)cc1. The van der Waals surface area contributed by atoms with Gasteiger partial charge in [0.25, 0.3) is 0 Å². The summed E-state index contributed by atoms with van der Waals surface area (Å²) >= 11 is 12.3. The van der Waals surface area contributed by atoms with Gasteiger partial charge in [0.1, 0.15) is 22.8 Å². The van der Waals surface area contributed by atoms with Crippen LogP contribution in [0.4, 0.5) is 10.5 Å². The van der Waals surface area contributed by atoms with E-state index in [0.717, 1.165) is 33.4 Å². The zero-order valence-electron chi connectivity index (χ0n) is 18.9. The van der Waals surface area contributed by atoms with Gasteiger partial charge in [0.05, 0.1) is 0 Å². The number of benzene rings is 3. The monoisotopic (exact) mass is 527 g/mol. The molecule has 1 aliphatic rings. The zero-order chi connectivity index (χ0) is 24.5. The van der Waals surface area contributed by atoms with Gasteiger partial charge in [0.15, 0.2) is 0 Å². The largest absolute Gasteiger partial charge is 0.416 e. The predicted octanol–water partition coefficient (Wildman–Crippen LogP) is 6.72. The van der Waals surface area contributed by atoms with Gasteiger partial charge in [-0.05, 0) is 72.1 Å². The van der Waals surface area contributed by atoms with Crippen molar-refractivity contribution in [3.8, 4) is 5.75 Å². The number of amides is 1. The third kappa shape index (κ3) is 4.89. The molecule has 2 heterocycles. The number of carbonyl (C=O) groups excluding carboxylic acids is 1. The molecule has 1 aromatic heterocycles. The highest BCUT2D eigenvalue weighted by molar-refractivity contribution is 7.86. The van der Waals surface area contributed by atoms with Crippen LogP contribution in [0.3, 0.4) is 0 Å². The number of aromatic amines is 1. The van der Waals surface area contributed by atoms with Crippen molar-refractivity contribution in [3.05, 3.63) is 93.6 Å². The van der Waals surface area contributed by atoms with E-state index in [1.165, 1.54) is 0 Å². The lowest BCUT2D eigenvalue weighted by Gasteiger charge is -2.35. The molecule has 6 nitrogen and oxygen atoms in total. The molecule has 4 aromatic rings. The summed E-state index contributed by atoms with van der Waals surface area (Å²) in [5.41, 5.74) is 4.69. The molecular weight excluding hydrogens is 505 g/mol. The van der Waals surface area contributed by atoms with Crippen LogP contribution in [0.1, 0.15) is 29.8 Å². The minimum atomic E-state index is -1.14. The van der Waals surface area contributed by atoms with Crippen LogP contribution in [-0.4, -0.2) is 32.5 Å². The van der Waals surface area contributed by atoms with E-state index < -0.39 is 23.1 Å². The molecular formula is C26H23Cl2N3O3S. The molecule has 1 amide bonds. The van der Waals surface area contributed by atoms with Crippen LogP contribution in [0, 0.1) is 0 Å². The summed E-state index contributed by atoms with van der Waals surface area (Å²) in [6, 6.07) is 19.7. The minimum absolute atomic E-state index is 0.393. The molecule has 2 atom stereocenters. The smallest absolute Gasteiger partial charge is 0.410 e. The van der Waals surface area contributed by atoms with E-state index in [4.69, 9.17) is 27.9 Å². The van der Waals surface area contributed by atoms with Crippen LogP contribution >= 0.6 is 23.2 Å². The average Bonchev–Trinajstić information content (AvgIpc) is 3.23. The Bertz CT molecular complexity index is 1400. The molecule has 0 spiro atoms. The van der Waals surface area contributed by atoms with Crippen molar-refractivity contribution in [2.24, 2.45) is 0 Å². The highest BCUT2D eigenvalue weighted by Crippen LogP contribution is 2.39. The van der Waals surface area contributed by atoms with Crippen molar-refractivity contribution in [3.63, 3.8) is 0 Å². The van der Waals surface area contributed by atoms with Crippen LogP contribution in [0.2, 0.25) is 10.0 Å². The van der Waals surface area contributed by atoms with Crippen molar-refractivity contribution < 1.29 is 13.7 Å². The van der Waals surface area contributed by atoms with Crippen LogP contribution in [0.25, 0.3) is 10.9 Å². The van der Waals surface area contributed by atoms with E-state index in [9.17, 15) is 9.00 Å². The normalized spacial score (nSPS) is 16.1. The van der Waals surface area contributed by atoms with Gasteiger partial charge in [-0.3, -0.25) is 4.90 Å². The van der Waals surface area contributed by atoms with Crippen LogP contribution in [0.5, 0.6) is 5.75 Å². The van der Waals surface area contributed by atoms with Crippen LogP contribution in [-0.2, 0) is 17.4 Å². The molecule has 180 valence electrons. The molecule has 0 bridgehead atoms. The molecule has 0 saturated heterocycles. The number of halogens is 2. The average molecular weight is 528 g/mol.